The third kappa shape index (κ3) is 4.71. The molecule has 128 valence electrons. The lowest BCUT2D eigenvalue weighted by atomic mass is 10.1. The van der Waals surface area contributed by atoms with E-state index in [0.29, 0.717) is 6.61 Å². The zero-order valence-corrected chi connectivity index (χ0v) is 14.9. The maximum atomic E-state index is 5.43. The van der Waals surface area contributed by atoms with Crippen LogP contribution in [-0.4, -0.2) is 35.9 Å². The zero-order valence-electron chi connectivity index (χ0n) is 13.2. The Bertz CT molecular complexity index is 741. The van der Waals surface area contributed by atoms with Gasteiger partial charge < -0.3 is 15.1 Å². The van der Waals surface area contributed by atoms with E-state index in [9.17, 15) is 0 Å². The van der Waals surface area contributed by atoms with Crippen LogP contribution >= 0.6 is 24.8 Å². The maximum absolute atomic E-state index is 5.43. The van der Waals surface area contributed by atoms with Crippen LogP contribution < -0.4 is 5.32 Å². The predicted octanol–water partition coefficient (Wildman–Crippen LogP) is 3.39. The number of aromatic amines is 1. The van der Waals surface area contributed by atoms with Crippen LogP contribution in [-0.2, 0) is 4.84 Å². The number of halogens is 2. The molecule has 0 saturated carbocycles. The summed E-state index contributed by atoms with van der Waals surface area (Å²) in [5, 5.41) is 8.45. The first-order valence-corrected chi connectivity index (χ1v) is 7.21. The Morgan fingerprint density at radius 1 is 1.21 bits per heavy atom. The highest BCUT2D eigenvalue weighted by Gasteiger charge is 2.11. The summed E-state index contributed by atoms with van der Waals surface area (Å²) < 4.78 is 0. The Morgan fingerprint density at radius 3 is 2.71 bits per heavy atom. The van der Waals surface area contributed by atoms with Crippen molar-refractivity contribution in [2.75, 3.05) is 20.2 Å². The number of benzene rings is 1. The molecule has 0 aliphatic rings. The second kappa shape index (κ2) is 9.93. The van der Waals surface area contributed by atoms with E-state index in [1.165, 1.54) is 0 Å². The Morgan fingerprint density at radius 2 is 2.00 bits per heavy atom. The van der Waals surface area contributed by atoms with Crippen LogP contribution in [0, 0.1) is 0 Å². The quantitative estimate of drug-likeness (QED) is 0.399. The molecule has 1 aromatic carbocycles. The highest BCUT2D eigenvalue weighted by atomic mass is 35.5. The molecule has 0 radical (unpaired) electrons. The Labute approximate surface area is 153 Å². The summed E-state index contributed by atoms with van der Waals surface area (Å²) in [6.45, 7) is 1.27. The first kappa shape index (κ1) is 20.0. The smallest absolute Gasteiger partial charge is 0.133 e. The molecule has 2 aromatic heterocycles. The molecule has 0 aliphatic heterocycles. The highest BCUT2D eigenvalue weighted by molar-refractivity contribution is 6.13. The van der Waals surface area contributed by atoms with Gasteiger partial charge in [0, 0.05) is 23.7 Å². The van der Waals surface area contributed by atoms with Crippen molar-refractivity contribution in [3.05, 3.63) is 66.1 Å². The average molecular weight is 367 g/mol. The number of hydrogen-bond donors (Lipinski definition) is 2. The van der Waals surface area contributed by atoms with Crippen molar-refractivity contribution >= 4 is 41.4 Å². The van der Waals surface area contributed by atoms with E-state index in [0.717, 1.165) is 34.4 Å². The molecule has 2 N–H and O–H groups in total. The van der Waals surface area contributed by atoms with Crippen molar-refractivity contribution < 1.29 is 4.84 Å². The molecule has 7 heteroatoms. The minimum Gasteiger partial charge on any atom is -0.394 e. The number of nitrogens with one attached hydrogen (secondary N) is 2. The Hall–Kier alpha value is -2.08. The number of pyridine rings is 1. The molecule has 0 bridgehead atoms. The van der Waals surface area contributed by atoms with Crippen molar-refractivity contribution in [3.63, 3.8) is 0 Å². The van der Waals surface area contributed by atoms with Crippen molar-refractivity contribution in [1.29, 1.82) is 0 Å². The average Bonchev–Trinajstić information content (AvgIpc) is 2.99. The number of H-pyrrole nitrogens is 1. The normalized spacial score (nSPS) is 10.8. The SMILES string of the molecule is CNCCO/N=C(/c1ccccc1)c1cc2ccncc2[nH]1.Cl.Cl. The largest absolute Gasteiger partial charge is 0.394 e. The molecule has 2 heterocycles. The van der Waals surface area contributed by atoms with Crippen LogP contribution in [0.5, 0.6) is 0 Å². The fraction of sp³-hybridized carbons (Fsp3) is 0.176. The summed E-state index contributed by atoms with van der Waals surface area (Å²) >= 11 is 0. The molecule has 0 atom stereocenters. The number of rotatable bonds is 6. The topological polar surface area (TPSA) is 62.3 Å². The van der Waals surface area contributed by atoms with E-state index in [1.54, 1.807) is 6.20 Å². The van der Waals surface area contributed by atoms with Crippen LogP contribution in [0.25, 0.3) is 10.9 Å². The molecule has 3 aromatic rings. The number of aromatic nitrogens is 2. The van der Waals surface area contributed by atoms with Gasteiger partial charge in [-0.25, -0.2) is 0 Å². The minimum absolute atomic E-state index is 0. The second-order valence-electron chi connectivity index (χ2n) is 4.89. The summed E-state index contributed by atoms with van der Waals surface area (Å²) in [4.78, 5) is 12.9. The number of oxime groups is 1. The standard InChI is InChI=1S/C17H18N4O.2ClH/c1-18-9-10-22-21-17(13-5-3-2-4-6-13)15-11-14-7-8-19-12-16(14)20-15;;/h2-8,11-12,18,20H,9-10H2,1H3;2*1H/b21-17-;;. The number of fused-ring (bicyclic) bond motifs is 1. The lowest BCUT2D eigenvalue weighted by molar-refractivity contribution is 0.148. The van der Waals surface area contributed by atoms with Crippen LogP contribution in [0.15, 0.2) is 60.0 Å². The molecular formula is C17H20Cl2N4O. The third-order valence-corrected chi connectivity index (χ3v) is 3.33. The van der Waals surface area contributed by atoms with Gasteiger partial charge in [-0.15, -0.1) is 24.8 Å². The predicted molar refractivity (Wildman–Crippen MR) is 103 cm³/mol. The van der Waals surface area contributed by atoms with E-state index >= 15 is 0 Å². The first-order valence-electron chi connectivity index (χ1n) is 7.21. The molecule has 3 rings (SSSR count). The molecule has 0 fully saturated rings. The summed E-state index contributed by atoms with van der Waals surface area (Å²) in [5.41, 5.74) is 3.69. The summed E-state index contributed by atoms with van der Waals surface area (Å²) in [6.07, 6.45) is 3.59. The lowest BCUT2D eigenvalue weighted by Crippen LogP contribution is -2.13. The van der Waals surface area contributed by atoms with E-state index in [4.69, 9.17) is 4.84 Å². The van der Waals surface area contributed by atoms with Crippen molar-refractivity contribution in [3.8, 4) is 0 Å². The van der Waals surface area contributed by atoms with Gasteiger partial charge in [-0.2, -0.15) is 0 Å². The van der Waals surface area contributed by atoms with Gasteiger partial charge in [0.25, 0.3) is 0 Å². The molecule has 0 amide bonds. The zero-order chi connectivity index (χ0) is 15.2. The molecule has 24 heavy (non-hydrogen) atoms. The van der Waals surface area contributed by atoms with Crippen molar-refractivity contribution in [2.24, 2.45) is 5.16 Å². The molecular weight excluding hydrogens is 347 g/mol. The van der Waals surface area contributed by atoms with Gasteiger partial charge in [0.05, 0.1) is 17.4 Å². The van der Waals surface area contributed by atoms with Crippen LogP contribution in [0.3, 0.4) is 0 Å². The molecule has 0 spiro atoms. The van der Waals surface area contributed by atoms with Crippen LogP contribution in [0.1, 0.15) is 11.3 Å². The molecule has 0 unspecified atom stereocenters. The highest BCUT2D eigenvalue weighted by Crippen LogP contribution is 2.17. The van der Waals surface area contributed by atoms with E-state index in [1.807, 2.05) is 49.6 Å². The number of likely N-dealkylation sites (N-methyl/N-ethyl adjacent to an activating group) is 1. The second-order valence-corrected chi connectivity index (χ2v) is 4.89. The number of hydrogen-bond acceptors (Lipinski definition) is 4. The Kier molecular flexibility index (Phi) is 8.26. The summed E-state index contributed by atoms with van der Waals surface area (Å²) in [6, 6.07) is 14.0. The van der Waals surface area contributed by atoms with Crippen LogP contribution in [0.2, 0.25) is 0 Å². The van der Waals surface area contributed by atoms with Crippen molar-refractivity contribution in [1.82, 2.24) is 15.3 Å². The minimum atomic E-state index is 0. The van der Waals surface area contributed by atoms with Gasteiger partial charge in [0.15, 0.2) is 0 Å². The van der Waals surface area contributed by atoms with Gasteiger partial charge in [0.2, 0.25) is 0 Å². The van der Waals surface area contributed by atoms with Gasteiger partial charge in [0.1, 0.15) is 12.3 Å². The third-order valence-electron chi connectivity index (χ3n) is 3.33. The van der Waals surface area contributed by atoms with Gasteiger partial charge in [-0.05, 0) is 19.2 Å². The van der Waals surface area contributed by atoms with Crippen molar-refractivity contribution in [2.45, 2.75) is 0 Å². The fourth-order valence-electron chi connectivity index (χ4n) is 2.21. The van der Waals surface area contributed by atoms with E-state index in [2.05, 4.69) is 26.5 Å². The summed E-state index contributed by atoms with van der Waals surface area (Å²) in [7, 11) is 1.88. The maximum Gasteiger partial charge on any atom is 0.133 e. The fourth-order valence-corrected chi connectivity index (χ4v) is 2.21. The molecule has 5 nitrogen and oxygen atoms in total. The van der Waals surface area contributed by atoms with Crippen LogP contribution in [0.4, 0.5) is 0 Å². The number of nitrogens with zero attached hydrogens (tertiary/aromatic N) is 2. The van der Waals surface area contributed by atoms with Gasteiger partial charge >= 0.3 is 0 Å². The van der Waals surface area contributed by atoms with E-state index < -0.39 is 0 Å². The van der Waals surface area contributed by atoms with Gasteiger partial charge in [-0.3, -0.25) is 4.98 Å². The monoisotopic (exact) mass is 366 g/mol. The first-order chi connectivity index (χ1) is 10.9. The molecule has 0 aliphatic carbocycles. The molecule has 0 saturated heterocycles. The van der Waals surface area contributed by atoms with Gasteiger partial charge in [-0.1, -0.05) is 35.5 Å². The summed E-state index contributed by atoms with van der Waals surface area (Å²) in [5.74, 6) is 0. The van der Waals surface area contributed by atoms with E-state index in [-0.39, 0.29) is 24.8 Å². The lowest BCUT2D eigenvalue weighted by Gasteiger charge is -2.05. The Balaban J connectivity index is 0.00000144.